The van der Waals surface area contributed by atoms with Crippen molar-refractivity contribution in [2.45, 2.75) is 20.3 Å². The van der Waals surface area contributed by atoms with Crippen LogP contribution >= 0.6 is 0 Å². The highest BCUT2D eigenvalue weighted by molar-refractivity contribution is 6.04. The van der Waals surface area contributed by atoms with Gasteiger partial charge in [-0.25, -0.2) is 4.98 Å². The van der Waals surface area contributed by atoms with Gasteiger partial charge in [0, 0.05) is 37.9 Å². The monoisotopic (exact) mass is 360 g/mol. The van der Waals surface area contributed by atoms with Gasteiger partial charge in [-0.15, -0.1) is 0 Å². The van der Waals surface area contributed by atoms with Gasteiger partial charge in [-0.2, -0.15) is 0 Å². The topological polar surface area (TPSA) is 58.1 Å². The van der Waals surface area contributed by atoms with Gasteiger partial charge in [-0.1, -0.05) is 6.07 Å². The van der Waals surface area contributed by atoms with Gasteiger partial charge in [0.15, 0.2) is 0 Å². The van der Waals surface area contributed by atoms with Crippen LogP contribution in [0.2, 0.25) is 0 Å². The van der Waals surface area contributed by atoms with E-state index < -0.39 is 0 Å². The molecule has 0 aliphatic carbocycles. The SMILES string of the molecule is Cc1ccc(NC(=O)c2ccc(N(C)CCc3ccncc3)nc2)cc1C. The number of carbonyl (C=O) groups excluding carboxylic acids is 1. The van der Waals surface area contributed by atoms with E-state index in [-0.39, 0.29) is 5.91 Å². The van der Waals surface area contributed by atoms with Gasteiger partial charge in [0.1, 0.15) is 5.82 Å². The number of hydrogen-bond acceptors (Lipinski definition) is 4. The molecule has 5 nitrogen and oxygen atoms in total. The quantitative estimate of drug-likeness (QED) is 0.721. The van der Waals surface area contributed by atoms with E-state index >= 15 is 0 Å². The maximum absolute atomic E-state index is 12.4. The maximum atomic E-state index is 12.4. The smallest absolute Gasteiger partial charge is 0.257 e. The van der Waals surface area contributed by atoms with Gasteiger partial charge in [-0.3, -0.25) is 9.78 Å². The molecule has 3 rings (SSSR count). The summed E-state index contributed by atoms with van der Waals surface area (Å²) in [5.41, 5.74) is 4.92. The minimum absolute atomic E-state index is 0.156. The first-order valence-corrected chi connectivity index (χ1v) is 8.97. The molecule has 27 heavy (non-hydrogen) atoms. The van der Waals surface area contributed by atoms with Crippen molar-refractivity contribution >= 4 is 17.4 Å². The fourth-order valence-electron chi connectivity index (χ4n) is 2.73. The second-order valence-electron chi connectivity index (χ2n) is 6.69. The fourth-order valence-corrected chi connectivity index (χ4v) is 2.73. The summed E-state index contributed by atoms with van der Waals surface area (Å²) in [4.78, 5) is 23.0. The lowest BCUT2D eigenvalue weighted by Crippen LogP contribution is -2.21. The second kappa shape index (κ2) is 8.45. The lowest BCUT2D eigenvalue weighted by molar-refractivity contribution is 0.102. The molecule has 0 bridgehead atoms. The van der Waals surface area contributed by atoms with E-state index in [1.54, 1.807) is 18.6 Å². The number of anilines is 2. The number of hydrogen-bond donors (Lipinski definition) is 1. The number of aromatic nitrogens is 2. The Hall–Kier alpha value is -3.21. The molecule has 0 unspecified atom stereocenters. The Morgan fingerprint density at radius 3 is 2.48 bits per heavy atom. The Labute approximate surface area is 160 Å². The zero-order valence-electron chi connectivity index (χ0n) is 15.9. The highest BCUT2D eigenvalue weighted by Crippen LogP contribution is 2.16. The third-order valence-electron chi connectivity index (χ3n) is 4.65. The Kier molecular flexibility index (Phi) is 5.81. The summed E-state index contributed by atoms with van der Waals surface area (Å²) in [5, 5.41) is 2.92. The van der Waals surface area contributed by atoms with Crippen molar-refractivity contribution < 1.29 is 4.79 Å². The number of nitrogens with zero attached hydrogens (tertiary/aromatic N) is 3. The first-order chi connectivity index (χ1) is 13.0. The Bertz CT molecular complexity index is 907. The van der Waals surface area contributed by atoms with Gasteiger partial charge in [0.25, 0.3) is 5.91 Å². The molecule has 0 aliphatic heterocycles. The summed E-state index contributed by atoms with van der Waals surface area (Å²) < 4.78 is 0. The third-order valence-corrected chi connectivity index (χ3v) is 4.65. The highest BCUT2D eigenvalue weighted by Gasteiger charge is 2.09. The lowest BCUT2D eigenvalue weighted by atomic mass is 10.1. The summed E-state index contributed by atoms with van der Waals surface area (Å²) in [6, 6.07) is 13.6. The maximum Gasteiger partial charge on any atom is 0.257 e. The normalized spacial score (nSPS) is 10.5. The number of amides is 1. The van der Waals surface area contributed by atoms with Crippen LogP contribution < -0.4 is 10.2 Å². The van der Waals surface area contributed by atoms with Crippen molar-refractivity contribution in [1.82, 2.24) is 9.97 Å². The second-order valence-corrected chi connectivity index (χ2v) is 6.69. The molecule has 1 amide bonds. The molecule has 2 heterocycles. The van der Waals surface area contributed by atoms with Crippen LogP contribution in [0.5, 0.6) is 0 Å². The van der Waals surface area contributed by atoms with Crippen LogP contribution in [0.1, 0.15) is 27.0 Å². The molecule has 5 heteroatoms. The Balaban J connectivity index is 1.60. The zero-order chi connectivity index (χ0) is 19.2. The molecule has 0 saturated heterocycles. The van der Waals surface area contributed by atoms with Crippen LogP contribution in [0.15, 0.2) is 61.1 Å². The minimum atomic E-state index is -0.156. The van der Waals surface area contributed by atoms with Crippen molar-refractivity contribution in [1.29, 1.82) is 0 Å². The van der Waals surface area contributed by atoms with E-state index in [1.807, 2.05) is 56.4 Å². The molecule has 0 aliphatic rings. The zero-order valence-corrected chi connectivity index (χ0v) is 15.9. The summed E-state index contributed by atoms with van der Waals surface area (Å²) in [6.07, 6.45) is 6.14. The van der Waals surface area contributed by atoms with Crippen LogP contribution in [0, 0.1) is 13.8 Å². The first kappa shape index (κ1) is 18.6. The molecule has 2 aromatic heterocycles. The van der Waals surface area contributed by atoms with Crippen molar-refractivity contribution in [2.75, 3.05) is 23.8 Å². The number of nitrogens with one attached hydrogen (secondary N) is 1. The molecule has 1 aromatic carbocycles. The van der Waals surface area contributed by atoms with E-state index in [9.17, 15) is 4.79 Å². The molecule has 0 saturated carbocycles. The third kappa shape index (κ3) is 4.91. The molecular formula is C22H24N4O. The van der Waals surface area contributed by atoms with Gasteiger partial charge in [0.2, 0.25) is 0 Å². The highest BCUT2D eigenvalue weighted by atomic mass is 16.1. The number of benzene rings is 1. The van der Waals surface area contributed by atoms with Crippen molar-refractivity contribution in [2.24, 2.45) is 0 Å². The van der Waals surface area contributed by atoms with Crippen molar-refractivity contribution in [3.8, 4) is 0 Å². The summed E-state index contributed by atoms with van der Waals surface area (Å²) in [7, 11) is 2.00. The van der Waals surface area contributed by atoms with Gasteiger partial charge in [-0.05, 0) is 73.4 Å². The lowest BCUT2D eigenvalue weighted by Gasteiger charge is -2.18. The molecular weight excluding hydrogens is 336 g/mol. The van der Waals surface area contributed by atoms with E-state index in [4.69, 9.17) is 0 Å². The summed E-state index contributed by atoms with van der Waals surface area (Å²) in [5.74, 6) is 0.684. The van der Waals surface area contributed by atoms with Crippen LogP contribution in [-0.4, -0.2) is 29.5 Å². The van der Waals surface area contributed by atoms with Crippen molar-refractivity contribution in [3.05, 3.63) is 83.3 Å². The molecule has 3 aromatic rings. The standard InChI is InChI=1S/C22H24N4O/c1-16-4-6-20(14-17(16)2)25-22(27)19-5-7-21(24-15-19)26(3)13-10-18-8-11-23-12-9-18/h4-9,11-12,14-15H,10,13H2,1-3H3,(H,25,27). The van der Waals surface area contributed by atoms with Crippen LogP contribution in [-0.2, 0) is 6.42 Å². The van der Waals surface area contributed by atoms with Gasteiger partial charge < -0.3 is 10.2 Å². The van der Waals surface area contributed by atoms with Crippen LogP contribution in [0.3, 0.4) is 0 Å². The Morgan fingerprint density at radius 2 is 1.81 bits per heavy atom. The number of pyridine rings is 2. The number of likely N-dealkylation sites (N-methyl/N-ethyl adjacent to an activating group) is 1. The number of carbonyl (C=O) groups is 1. The molecule has 0 atom stereocenters. The van der Waals surface area contributed by atoms with E-state index in [0.717, 1.165) is 30.0 Å². The molecule has 0 radical (unpaired) electrons. The van der Waals surface area contributed by atoms with Crippen LogP contribution in [0.4, 0.5) is 11.5 Å². The first-order valence-electron chi connectivity index (χ1n) is 8.97. The van der Waals surface area contributed by atoms with E-state index in [1.165, 1.54) is 11.1 Å². The number of aryl methyl sites for hydroxylation is 2. The summed E-state index contributed by atoms with van der Waals surface area (Å²) in [6.45, 7) is 4.92. The van der Waals surface area contributed by atoms with Gasteiger partial charge >= 0.3 is 0 Å². The van der Waals surface area contributed by atoms with Crippen molar-refractivity contribution in [3.63, 3.8) is 0 Å². The predicted molar refractivity (Wildman–Crippen MR) is 109 cm³/mol. The number of rotatable bonds is 6. The van der Waals surface area contributed by atoms with Crippen LogP contribution in [0.25, 0.3) is 0 Å². The van der Waals surface area contributed by atoms with E-state index in [2.05, 4.69) is 27.1 Å². The molecule has 0 fully saturated rings. The molecule has 138 valence electrons. The predicted octanol–water partition coefficient (Wildman–Crippen LogP) is 4.02. The average molecular weight is 360 g/mol. The largest absolute Gasteiger partial charge is 0.359 e. The fraction of sp³-hybridized carbons (Fsp3) is 0.227. The average Bonchev–Trinajstić information content (AvgIpc) is 2.70. The van der Waals surface area contributed by atoms with Gasteiger partial charge in [0.05, 0.1) is 5.56 Å². The minimum Gasteiger partial charge on any atom is -0.359 e. The molecule has 1 N–H and O–H groups in total. The summed E-state index contributed by atoms with van der Waals surface area (Å²) >= 11 is 0. The van der Waals surface area contributed by atoms with E-state index in [0.29, 0.717) is 5.56 Å². The Morgan fingerprint density at radius 1 is 1.04 bits per heavy atom. The molecule has 0 spiro atoms.